The summed E-state index contributed by atoms with van der Waals surface area (Å²) in [4.78, 5) is 0. The molecule has 0 aliphatic heterocycles. The van der Waals surface area contributed by atoms with Gasteiger partial charge in [-0.3, -0.25) is 0 Å². The Balaban J connectivity index is 3.36. The highest BCUT2D eigenvalue weighted by Gasteiger charge is 2.19. The fourth-order valence-electron chi connectivity index (χ4n) is 3.56. The molecule has 0 aromatic rings. The number of unbranched alkanes of at least 4 members (excludes halogenated alkanes) is 12. The largest absolute Gasteiger partial charge is 0.391 e. The monoisotopic (exact) mass is 370 g/mol. The molecule has 156 valence electrons. The molecule has 0 radical (unpaired) electrons. The third kappa shape index (κ3) is 17.1. The number of likely N-dealkylation sites (N-methyl/N-ethyl adjacent to an activating group) is 1. The summed E-state index contributed by atoms with van der Waals surface area (Å²) in [5, 5.41) is 18.3. The van der Waals surface area contributed by atoms with Gasteiger partial charge < -0.3 is 14.7 Å². The van der Waals surface area contributed by atoms with Gasteiger partial charge in [-0.05, 0) is 38.5 Å². The lowest BCUT2D eigenvalue weighted by atomic mass is 10.1. The maximum atomic E-state index is 9.16. The number of nitrogens with zero attached hydrogens (tertiary/aromatic N) is 1. The summed E-state index contributed by atoms with van der Waals surface area (Å²) in [7, 11) is 2.14. The molecule has 0 bridgehead atoms. The summed E-state index contributed by atoms with van der Waals surface area (Å²) >= 11 is 0. The first-order valence-electron chi connectivity index (χ1n) is 11.4. The summed E-state index contributed by atoms with van der Waals surface area (Å²) in [6, 6.07) is 0. The van der Waals surface area contributed by atoms with E-state index in [4.69, 9.17) is 10.2 Å². The Morgan fingerprint density at radius 2 is 1.00 bits per heavy atom. The van der Waals surface area contributed by atoms with Crippen molar-refractivity contribution in [2.24, 2.45) is 0 Å². The normalized spacial score (nSPS) is 12.3. The third-order valence-electron chi connectivity index (χ3n) is 5.49. The lowest BCUT2D eigenvalue weighted by molar-refractivity contribution is -0.910. The predicted octanol–water partition coefficient (Wildman–Crippen LogP) is 5.46. The molecule has 0 atom stereocenters. The van der Waals surface area contributed by atoms with Crippen LogP contribution >= 0.6 is 0 Å². The molecular formula is C23H48NO2+. The Hall–Kier alpha value is -0.380. The zero-order valence-electron chi connectivity index (χ0n) is 17.9. The minimum atomic E-state index is 0.211. The van der Waals surface area contributed by atoms with Crippen molar-refractivity contribution in [3.05, 3.63) is 12.2 Å². The van der Waals surface area contributed by atoms with Crippen LogP contribution in [0.3, 0.4) is 0 Å². The minimum absolute atomic E-state index is 0.211. The van der Waals surface area contributed by atoms with Crippen molar-refractivity contribution < 1.29 is 14.7 Å². The maximum absolute atomic E-state index is 9.16. The second-order valence-electron chi connectivity index (χ2n) is 8.18. The van der Waals surface area contributed by atoms with Crippen LogP contribution in [0.25, 0.3) is 0 Å². The first-order chi connectivity index (χ1) is 12.7. The van der Waals surface area contributed by atoms with E-state index >= 15 is 0 Å². The van der Waals surface area contributed by atoms with Gasteiger partial charge in [-0.2, -0.15) is 0 Å². The van der Waals surface area contributed by atoms with Crippen LogP contribution in [0, 0.1) is 0 Å². The molecule has 0 aliphatic rings. The van der Waals surface area contributed by atoms with Crippen molar-refractivity contribution in [2.45, 2.75) is 96.8 Å². The average molecular weight is 371 g/mol. The van der Waals surface area contributed by atoms with Crippen molar-refractivity contribution in [1.82, 2.24) is 0 Å². The molecule has 0 unspecified atom stereocenters. The van der Waals surface area contributed by atoms with Crippen LogP contribution in [0.5, 0.6) is 0 Å². The number of quaternary nitrogens is 1. The second kappa shape index (κ2) is 19.4. The summed E-state index contributed by atoms with van der Waals surface area (Å²) in [6.07, 6.45) is 23.5. The van der Waals surface area contributed by atoms with E-state index in [1.165, 1.54) is 89.9 Å². The van der Waals surface area contributed by atoms with Crippen LogP contribution in [0.4, 0.5) is 0 Å². The summed E-state index contributed by atoms with van der Waals surface area (Å²) in [5.41, 5.74) is 0. The van der Waals surface area contributed by atoms with Crippen LogP contribution < -0.4 is 0 Å². The van der Waals surface area contributed by atoms with E-state index < -0.39 is 0 Å². The predicted molar refractivity (Wildman–Crippen MR) is 114 cm³/mol. The molecule has 0 aromatic carbocycles. The van der Waals surface area contributed by atoms with Gasteiger partial charge in [0.25, 0.3) is 0 Å². The molecule has 3 heteroatoms. The zero-order chi connectivity index (χ0) is 19.3. The Morgan fingerprint density at radius 1 is 0.577 bits per heavy atom. The van der Waals surface area contributed by atoms with Crippen molar-refractivity contribution in [3.63, 3.8) is 0 Å². The van der Waals surface area contributed by atoms with E-state index in [9.17, 15) is 0 Å². The van der Waals surface area contributed by atoms with E-state index in [-0.39, 0.29) is 13.2 Å². The van der Waals surface area contributed by atoms with Gasteiger partial charge in [0.05, 0.1) is 26.8 Å². The lowest BCUT2D eigenvalue weighted by Gasteiger charge is -2.33. The lowest BCUT2D eigenvalue weighted by Crippen LogP contribution is -2.48. The Morgan fingerprint density at radius 3 is 1.46 bits per heavy atom. The molecule has 2 N–H and O–H groups in total. The summed E-state index contributed by atoms with van der Waals surface area (Å²) in [6.45, 7) is 5.28. The molecule has 0 saturated carbocycles. The van der Waals surface area contributed by atoms with Crippen molar-refractivity contribution in [1.29, 1.82) is 0 Å². The second-order valence-corrected chi connectivity index (χ2v) is 8.18. The van der Waals surface area contributed by atoms with E-state index in [1.807, 2.05) is 0 Å². The molecule has 3 nitrogen and oxygen atoms in total. The van der Waals surface area contributed by atoms with E-state index in [2.05, 4.69) is 26.1 Å². The molecule has 0 heterocycles. The van der Waals surface area contributed by atoms with Gasteiger partial charge in [0.2, 0.25) is 0 Å². The van der Waals surface area contributed by atoms with E-state index in [1.54, 1.807) is 0 Å². The number of allylic oxidation sites excluding steroid dienone is 2. The average Bonchev–Trinajstić information content (AvgIpc) is 2.62. The molecule has 0 saturated heterocycles. The third-order valence-corrected chi connectivity index (χ3v) is 5.49. The van der Waals surface area contributed by atoms with E-state index in [0.717, 1.165) is 24.1 Å². The first kappa shape index (κ1) is 25.6. The number of hydrogen-bond acceptors (Lipinski definition) is 2. The van der Waals surface area contributed by atoms with Gasteiger partial charge in [0, 0.05) is 0 Å². The zero-order valence-corrected chi connectivity index (χ0v) is 17.9. The van der Waals surface area contributed by atoms with Crippen LogP contribution in [0.2, 0.25) is 0 Å². The minimum Gasteiger partial charge on any atom is -0.391 e. The SMILES string of the molecule is CCCCCCCCC=CCCCCCCCC[N+](C)(CCO)CCO. The highest BCUT2D eigenvalue weighted by molar-refractivity contribution is 4.81. The van der Waals surface area contributed by atoms with Gasteiger partial charge in [-0.1, -0.05) is 70.4 Å². The summed E-state index contributed by atoms with van der Waals surface area (Å²) < 4.78 is 0.802. The quantitative estimate of drug-likeness (QED) is 0.170. The molecule has 0 spiro atoms. The number of aliphatic hydroxyl groups excluding tert-OH is 2. The van der Waals surface area contributed by atoms with Crippen molar-refractivity contribution in [2.75, 3.05) is 39.9 Å². The standard InChI is InChI=1S/C23H48NO2/c1-3-4-5-6-7-8-9-10-11-12-13-14-15-16-17-18-19-24(2,20-22-25)21-23-26/h10-11,25-26H,3-9,12-23H2,1-2H3/q+1. The summed E-state index contributed by atoms with van der Waals surface area (Å²) in [5.74, 6) is 0. The smallest absolute Gasteiger partial charge is 0.102 e. The molecule has 0 amide bonds. The Kier molecular flexibility index (Phi) is 19.1. The number of aliphatic hydroxyl groups is 2. The molecule has 0 rings (SSSR count). The van der Waals surface area contributed by atoms with Gasteiger partial charge in [0.1, 0.15) is 13.1 Å². The van der Waals surface area contributed by atoms with E-state index in [0.29, 0.717) is 0 Å². The van der Waals surface area contributed by atoms with Gasteiger partial charge >= 0.3 is 0 Å². The fraction of sp³-hybridized carbons (Fsp3) is 0.913. The Labute approximate surface area is 164 Å². The number of hydrogen-bond donors (Lipinski definition) is 2. The number of rotatable bonds is 20. The highest BCUT2D eigenvalue weighted by atomic mass is 16.3. The van der Waals surface area contributed by atoms with Crippen LogP contribution in [0.1, 0.15) is 96.8 Å². The first-order valence-corrected chi connectivity index (χ1v) is 11.4. The van der Waals surface area contributed by atoms with Crippen molar-refractivity contribution in [3.8, 4) is 0 Å². The van der Waals surface area contributed by atoms with Crippen molar-refractivity contribution >= 4 is 0 Å². The fourth-order valence-corrected chi connectivity index (χ4v) is 3.56. The van der Waals surface area contributed by atoms with Gasteiger partial charge in [-0.15, -0.1) is 0 Å². The molecule has 0 fully saturated rings. The molecular weight excluding hydrogens is 322 g/mol. The maximum Gasteiger partial charge on any atom is 0.102 e. The molecule has 0 aromatic heterocycles. The van der Waals surface area contributed by atoms with Crippen LogP contribution in [0.15, 0.2) is 12.2 Å². The van der Waals surface area contributed by atoms with Gasteiger partial charge in [0.15, 0.2) is 0 Å². The van der Waals surface area contributed by atoms with Crippen LogP contribution in [-0.4, -0.2) is 54.6 Å². The highest BCUT2D eigenvalue weighted by Crippen LogP contribution is 2.11. The molecule has 0 aliphatic carbocycles. The van der Waals surface area contributed by atoms with Crippen LogP contribution in [-0.2, 0) is 0 Å². The van der Waals surface area contributed by atoms with Gasteiger partial charge in [-0.25, -0.2) is 0 Å². The molecule has 26 heavy (non-hydrogen) atoms. The topological polar surface area (TPSA) is 40.5 Å². The Bertz CT molecular complexity index is 299.